The molecule has 0 aromatic carbocycles. The van der Waals surface area contributed by atoms with Crippen LogP contribution in [0, 0.1) is 0 Å². The van der Waals surface area contributed by atoms with Gasteiger partial charge >= 0.3 is 17.9 Å². The Kier molecular flexibility index (Phi) is 33.9. The monoisotopic (exact) mass is 1160 g/mol. The fraction of sp³-hybridized carbons (Fsp3) is 0.635. The number of carbonyl (C=O) groups excluding carboxylic acids is 15. The Labute approximate surface area is 477 Å². The minimum Gasteiger partial charge on any atom is -0.466 e. The molecule has 0 rings (SSSR count). The molecule has 0 saturated carbocycles. The van der Waals surface area contributed by atoms with Gasteiger partial charge in [0.1, 0.15) is 54.7 Å². The second kappa shape index (κ2) is 37.4. The number of aldehydes is 5. The molecule has 0 spiro atoms. The minimum absolute atomic E-state index is 0.117. The van der Waals surface area contributed by atoms with Gasteiger partial charge in [0.05, 0.1) is 37.3 Å². The summed E-state index contributed by atoms with van der Waals surface area (Å²) in [5.41, 5.74) is -1.89. The van der Waals surface area contributed by atoms with Crippen LogP contribution in [0.25, 0.3) is 0 Å². The van der Waals surface area contributed by atoms with Crippen molar-refractivity contribution in [1.29, 1.82) is 0 Å². The third kappa shape index (κ3) is 29.7. The van der Waals surface area contributed by atoms with Crippen LogP contribution >= 0.6 is 0 Å². The fourth-order valence-corrected chi connectivity index (χ4v) is 6.79. The zero-order valence-electron chi connectivity index (χ0n) is 48.6. The van der Waals surface area contributed by atoms with Crippen LogP contribution in [-0.4, -0.2) is 194 Å². The fourth-order valence-electron chi connectivity index (χ4n) is 6.79. The van der Waals surface area contributed by atoms with Crippen LogP contribution in [0.15, 0.2) is 25.3 Å². The summed E-state index contributed by atoms with van der Waals surface area (Å²) in [5.74, 6) is -10.5. The largest absolute Gasteiger partial charge is 0.466 e. The Hall–Kier alpha value is -7.67. The van der Waals surface area contributed by atoms with E-state index in [1.807, 2.05) is 0 Å². The maximum Gasteiger partial charge on any atom is 0.343 e. The van der Waals surface area contributed by atoms with E-state index in [-0.39, 0.29) is 25.7 Å². The van der Waals surface area contributed by atoms with Crippen molar-refractivity contribution in [3.63, 3.8) is 0 Å². The van der Waals surface area contributed by atoms with Crippen LogP contribution in [0.5, 0.6) is 0 Å². The van der Waals surface area contributed by atoms with Gasteiger partial charge in [-0.25, -0.2) is 4.79 Å². The number of nitrogens with one attached hydrogen (secondary N) is 11. The number of hydrogen-bond donors (Lipinski definition) is 11. The number of nitrogens with zero attached hydrogens (tertiary/aromatic N) is 1. The second-order valence-electron chi connectivity index (χ2n) is 20.7. The van der Waals surface area contributed by atoms with E-state index in [0.717, 1.165) is 18.1 Å². The molecule has 0 saturated heterocycles. The van der Waals surface area contributed by atoms with E-state index in [1.165, 1.54) is 40.7 Å². The lowest BCUT2D eigenvalue weighted by molar-refractivity contribution is -0.156. The molecule has 0 aromatic heterocycles. The highest BCUT2D eigenvalue weighted by Gasteiger charge is 2.40. The average Bonchev–Trinajstić information content (AvgIpc) is 3.42. The molecule has 0 aliphatic carbocycles. The van der Waals surface area contributed by atoms with Crippen molar-refractivity contribution in [2.45, 2.75) is 199 Å². The molecule has 11 N–H and O–H groups in total. The SMILES string of the molecule is C=CCCC(=O)N[C@@H](CCC(=O)OC(C)(C)C)C(=O)N[C@@H](N[C@@H](C)C=O)C(=O)N(CC=C)[C@@H](N[C@@H](C)C=O)C(=O)N[C@@H](N[C@@H](C)C=O)C(=O)N[C@@H](N[C@@H](C)C=O)C(=O)N[C@@H](CCC(=O)OC(C)(C)C)C(=O)N[C@@H](N[C@@H](C)C=O)C(=O)OC. The summed E-state index contributed by atoms with van der Waals surface area (Å²) in [7, 11) is 0.990. The first-order chi connectivity index (χ1) is 38.2. The highest BCUT2D eigenvalue weighted by Crippen LogP contribution is 2.13. The summed E-state index contributed by atoms with van der Waals surface area (Å²) in [4.78, 5) is 197. The number of rotatable bonds is 40. The van der Waals surface area contributed by atoms with Crippen LogP contribution in [0.2, 0.25) is 0 Å². The number of esters is 3. The number of allylic oxidation sites excluding steroid dienone is 1. The summed E-state index contributed by atoms with van der Waals surface area (Å²) < 4.78 is 15.4. The molecule has 0 radical (unpaired) electrons. The van der Waals surface area contributed by atoms with E-state index in [4.69, 9.17) is 14.2 Å². The van der Waals surface area contributed by atoms with Gasteiger partial charge in [-0.2, -0.15) is 0 Å². The van der Waals surface area contributed by atoms with E-state index in [0.29, 0.717) is 31.4 Å². The van der Waals surface area contributed by atoms with Gasteiger partial charge in [-0.05, 0) is 95.4 Å². The van der Waals surface area contributed by atoms with E-state index in [9.17, 15) is 71.9 Å². The Bertz CT molecular complexity index is 2250. The molecule has 0 fully saturated rings. The molecule has 0 heterocycles. The summed E-state index contributed by atoms with van der Waals surface area (Å²) in [6, 6.07) is -9.22. The molecule has 0 unspecified atom stereocenters. The zero-order chi connectivity index (χ0) is 63.1. The molecule has 7 amide bonds. The van der Waals surface area contributed by atoms with Gasteiger partial charge in [0, 0.05) is 25.8 Å². The molecule has 30 heteroatoms. The third-order valence-electron chi connectivity index (χ3n) is 10.7. The smallest absolute Gasteiger partial charge is 0.343 e. The molecule has 0 aliphatic rings. The third-order valence-corrected chi connectivity index (χ3v) is 10.7. The molecule has 82 heavy (non-hydrogen) atoms. The second-order valence-corrected chi connectivity index (χ2v) is 20.7. The first-order valence-electron chi connectivity index (χ1n) is 26.1. The number of amides is 7. The molecule has 460 valence electrons. The van der Waals surface area contributed by atoms with Crippen molar-refractivity contribution in [2.24, 2.45) is 0 Å². The minimum atomic E-state index is -2.06. The normalized spacial score (nSPS) is 15.7. The van der Waals surface area contributed by atoms with Crippen molar-refractivity contribution >= 4 is 90.7 Å². The predicted octanol–water partition coefficient (Wildman–Crippen LogP) is -3.67. The van der Waals surface area contributed by atoms with Crippen LogP contribution in [0.4, 0.5) is 0 Å². The van der Waals surface area contributed by atoms with Gasteiger partial charge in [0.15, 0.2) is 30.8 Å². The lowest BCUT2D eigenvalue weighted by atomic mass is 10.1. The first kappa shape index (κ1) is 74.3. The molecule has 12 atom stereocenters. The van der Waals surface area contributed by atoms with E-state index in [1.54, 1.807) is 41.5 Å². The Morgan fingerprint density at radius 3 is 1.23 bits per heavy atom. The summed E-state index contributed by atoms with van der Waals surface area (Å²) in [6.45, 7) is 22.7. The van der Waals surface area contributed by atoms with Crippen molar-refractivity contribution in [1.82, 2.24) is 63.4 Å². The van der Waals surface area contributed by atoms with Crippen molar-refractivity contribution in [2.75, 3.05) is 13.7 Å². The van der Waals surface area contributed by atoms with Gasteiger partial charge in [0.2, 0.25) is 17.7 Å². The Morgan fingerprint density at radius 2 is 0.829 bits per heavy atom. The van der Waals surface area contributed by atoms with Crippen molar-refractivity contribution in [3.05, 3.63) is 25.3 Å². The van der Waals surface area contributed by atoms with Gasteiger partial charge in [-0.1, -0.05) is 12.2 Å². The standard InChI is InChI=1S/C52H84N12O18/c1-15-17-18-36(70)58-34(19-21-37(71)81-51(8,9)10)44(73)62-41(55-31(5)26-67)49(78)64(23-16-2)43(57-33(7)28-69)48(77)61-40(54-30(4)25-66)47(76)60-39(53-29(3)24-65)46(75)59-35(20-22-38(72)82-52(11,12)13)45(74)63-42(50(79)80-14)56-32(6)27-68/h15-16,24-35,39-43,53-57H,1-2,17-23H2,3-14H3,(H,58,70)(H,59,75)(H,60,76)(H,61,77)(H,62,73)(H,63,74)/t29-,30-,31-,32-,33-,34-,35-,39+,40+,41+,42+,43+/m0/s1. The molecular formula is C52H84N12O18. The lowest BCUT2D eigenvalue weighted by Gasteiger charge is -2.36. The Morgan fingerprint density at radius 1 is 0.463 bits per heavy atom. The molecule has 0 aromatic rings. The van der Waals surface area contributed by atoms with E-state index >= 15 is 0 Å². The van der Waals surface area contributed by atoms with Gasteiger partial charge in [-0.15, -0.1) is 13.2 Å². The maximum atomic E-state index is 14.8. The molecule has 0 bridgehead atoms. The van der Waals surface area contributed by atoms with Crippen LogP contribution in [0.1, 0.15) is 115 Å². The quantitative estimate of drug-likeness (QED) is 0.00926. The van der Waals surface area contributed by atoms with Gasteiger partial charge < -0.3 is 75.0 Å². The zero-order valence-corrected chi connectivity index (χ0v) is 48.6. The number of methoxy groups -OCH3 is 1. The molecular weight excluding hydrogens is 1080 g/mol. The maximum absolute atomic E-state index is 14.8. The number of carbonyl (C=O) groups is 15. The number of hydrogen-bond acceptors (Lipinski definition) is 23. The highest BCUT2D eigenvalue weighted by atomic mass is 16.6. The van der Waals surface area contributed by atoms with Crippen LogP contribution in [-0.2, 0) is 86.1 Å². The summed E-state index contributed by atoms with van der Waals surface area (Å²) in [5, 5.41) is 26.9. The Balaban J connectivity index is 7.56. The highest BCUT2D eigenvalue weighted by molar-refractivity contribution is 5.98. The first-order valence-corrected chi connectivity index (χ1v) is 26.1. The summed E-state index contributed by atoms with van der Waals surface area (Å²) in [6.07, 6.45) is -7.00. The van der Waals surface area contributed by atoms with E-state index in [2.05, 4.69) is 71.6 Å². The van der Waals surface area contributed by atoms with Crippen LogP contribution in [0.3, 0.4) is 0 Å². The molecule has 0 aliphatic heterocycles. The van der Waals surface area contributed by atoms with E-state index < -0.39 is 163 Å². The van der Waals surface area contributed by atoms with Gasteiger partial charge in [-0.3, -0.25) is 69.7 Å². The lowest BCUT2D eigenvalue weighted by Crippen LogP contribution is -2.69. The predicted molar refractivity (Wildman–Crippen MR) is 292 cm³/mol. The number of ether oxygens (including phenoxy) is 3. The average molecular weight is 1170 g/mol. The topological polar surface area (TPSA) is 419 Å². The summed E-state index contributed by atoms with van der Waals surface area (Å²) >= 11 is 0. The molecule has 30 nitrogen and oxygen atoms in total. The van der Waals surface area contributed by atoms with Crippen molar-refractivity contribution < 1.29 is 86.1 Å². The van der Waals surface area contributed by atoms with Crippen molar-refractivity contribution in [3.8, 4) is 0 Å². The van der Waals surface area contributed by atoms with Crippen LogP contribution < -0.4 is 58.5 Å². The van der Waals surface area contributed by atoms with Gasteiger partial charge in [0.25, 0.3) is 23.6 Å².